The van der Waals surface area contributed by atoms with Crippen LogP contribution in [0.5, 0.6) is 0 Å². The Balaban J connectivity index is 1.86. The second kappa shape index (κ2) is 6.46. The highest BCUT2D eigenvalue weighted by Gasteiger charge is 2.59. The first-order chi connectivity index (χ1) is 12.1. The van der Waals surface area contributed by atoms with Crippen LogP contribution in [0.25, 0.3) is 0 Å². The van der Waals surface area contributed by atoms with E-state index in [1.807, 2.05) is 13.0 Å². The van der Waals surface area contributed by atoms with Gasteiger partial charge in [-0.25, -0.2) is 0 Å². The van der Waals surface area contributed by atoms with Gasteiger partial charge < -0.3 is 24.8 Å². The molecule has 1 fully saturated rings. The topological polar surface area (TPSA) is 99.5 Å². The van der Waals surface area contributed by atoms with Crippen molar-refractivity contribution in [2.24, 2.45) is 5.92 Å². The fraction of sp³-hybridized carbons (Fsp3) is 0.550. The molecule has 0 unspecified atom stereocenters. The molecule has 0 saturated carbocycles. The van der Waals surface area contributed by atoms with Gasteiger partial charge in [0.2, 0.25) is 0 Å². The predicted molar refractivity (Wildman–Crippen MR) is 94.9 cm³/mol. The summed E-state index contributed by atoms with van der Waals surface area (Å²) in [5.74, 6) is 0.276. The molecule has 142 valence electrons. The second-order valence-electron chi connectivity index (χ2n) is 7.60. The van der Waals surface area contributed by atoms with E-state index in [1.54, 1.807) is 6.08 Å². The molecule has 6 nitrogen and oxygen atoms in total. The number of ketones is 1. The van der Waals surface area contributed by atoms with Gasteiger partial charge in [-0.3, -0.25) is 4.79 Å². The first kappa shape index (κ1) is 19.0. The molecule has 26 heavy (non-hydrogen) atoms. The zero-order valence-electron chi connectivity index (χ0n) is 15.5. The lowest BCUT2D eigenvalue weighted by molar-refractivity contribution is -0.140. The SMILES string of the molecule is CC[C@H](C)/C=C(\CO)[C@@H]1O[C@@]1(C)C1=CC2=CC(=O)[C@@](C)(O)[C@H](O)C2=CO1. The molecule has 0 spiro atoms. The van der Waals surface area contributed by atoms with Crippen molar-refractivity contribution in [1.29, 1.82) is 0 Å². The van der Waals surface area contributed by atoms with Crippen LogP contribution >= 0.6 is 0 Å². The minimum atomic E-state index is -1.87. The van der Waals surface area contributed by atoms with Crippen molar-refractivity contribution in [3.63, 3.8) is 0 Å². The molecule has 1 aliphatic carbocycles. The van der Waals surface area contributed by atoms with Crippen LogP contribution < -0.4 is 0 Å². The van der Waals surface area contributed by atoms with E-state index >= 15 is 0 Å². The van der Waals surface area contributed by atoms with E-state index in [9.17, 15) is 20.1 Å². The van der Waals surface area contributed by atoms with E-state index in [0.717, 1.165) is 12.0 Å². The van der Waals surface area contributed by atoms with Crippen molar-refractivity contribution in [3.8, 4) is 0 Å². The third-order valence-corrected chi connectivity index (χ3v) is 5.50. The predicted octanol–water partition coefficient (Wildman–Crippen LogP) is 1.53. The number of fused-ring (bicyclic) bond motifs is 1. The number of carbonyl (C=O) groups excluding carboxylic acids is 1. The number of hydrogen-bond acceptors (Lipinski definition) is 6. The summed E-state index contributed by atoms with van der Waals surface area (Å²) >= 11 is 0. The van der Waals surface area contributed by atoms with Crippen molar-refractivity contribution < 1.29 is 29.6 Å². The molecule has 3 N–H and O–H groups in total. The van der Waals surface area contributed by atoms with E-state index in [4.69, 9.17) is 9.47 Å². The van der Waals surface area contributed by atoms with E-state index in [-0.39, 0.29) is 12.7 Å². The van der Waals surface area contributed by atoms with Crippen LogP contribution in [0.15, 0.2) is 47.0 Å². The highest BCUT2D eigenvalue weighted by atomic mass is 16.6. The minimum Gasteiger partial charge on any atom is -0.466 e. The van der Waals surface area contributed by atoms with E-state index < -0.39 is 23.1 Å². The molecule has 2 heterocycles. The van der Waals surface area contributed by atoms with Gasteiger partial charge in [-0.2, -0.15) is 0 Å². The molecular formula is C20H26O6. The molecule has 3 aliphatic rings. The van der Waals surface area contributed by atoms with E-state index in [1.165, 1.54) is 19.3 Å². The van der Waals surface area contributed by atoms with E-state index in [2.05, 4.69) is 13.8 Å². The number of aliphatic hydroxyl groups is 3. The molecule has 2 aliphatic heterocycles. The third kappa shape index (κ3) is 2.97. The zero-order chi connectivity index (χ0) is 19.3. The van der Waals surface area contributed by atoms with Crippen molar-refractivity contribution in [3.05, 3.63) is 47.0 Å². The quantitative estimate of drug-likeness (QED) is 0.507. The average Bonchev–Trinajstić information content (AvgIpc) is 3.30. The maximum Gasteiger partial charge on any atom is 0.190 e. The molecule has 0 aromatic carbocycles. The van der Waals surface area contributed by atoms with Gasteiger partial charge in [0.25, 0.3) is 0 Å². The normalized spacial score (nSPS) is 37.9. The summed E-state index contributed by atoms with van der Waals surface area (Å²) in [4.78, 5) is 12.1. The number of rotatable bonds is 5. The maximum absolute atomic E-state index is 12.1. The van der Waals surface area contributed by atoms with Crippen LogP contribution in [0.1, 0.15) is 34.1 Å². The van der Waals surface area contributed by atoms with Gasteiger partial charge in [-0.05, 0) is 43.1 Å². The van der Waals surface area contributed by atoms with Crippen molar-refractivity contribution in [2.75, 3.05) is 6.61 Å². The molecule has 0 radical (unpaired) electrons. The average molecular weight is 362 g/mol. The molecule has 5 atom stereocenters. The van der Waals surface area contributed by atoms with Gasteiger partial charge in [-0.15, -0.1) is 0 Å². The Kier molecular flexibility index (Phi) is 4.73. The lowest BCUT2D eigenvalue weighted by atomic mass is 9.79. The Morgan fingerprint density at radius 2 is 2.08 bits per heavy atom. The largest absolute Gasteiger partial charge is 0.466 e. The molecule has 0 bridgehead atoms. The number of epoxide rings is 1. The van der Waals surface area contributed by atoms with Gasteiger partial charge in [-0.1, -0.05) is 26.3 Å². The summed E-state index contributed by atoms with van der Waals surface area (Å²) in [6.45, 7) is 7.20. The molecule has 0 aromatic rings. The second-order valence-corrected chi connectivity index (χ2v) is 7.60. The lowest BCUT2D eigenvalue weighted by Gasteiger charge is -2.34. The summed E-state index contributed by atoms with van der Waals surface area (Å²) in [6, 6.07) is 0. The van der Waals surface area contributed by atoms with E-state index in [0.29, 0.717) is 22.8 Å². The number of allylic oxidation sites excluding steroid dienone is 2. The Labute approximate surface area is 153 Å². The Morgan fingerprint density at radius 3 is 2.69 bits per heavy atom. The van der Waals surface area contributed by atoms with Gasteiger partial charge in [0.05, 0.1) is 12.9 Å². The van der Waals surface area contributed by atoms with Crippen LogP contribution in [0, 0.1) is 5.92 Å². The summed E-state index contributed by atoms with van der Waals surface area (Å²) in [7, 11) is 0. The van der Waals surface area contributed by atoms with Gasteiger partial charge in [0.1, 0.15) is 18.0 Å². The summed E-state index contributed by atoms with van der Waals surface area (Å²) in [5, 5.41) is 30.1. The highest BCUT2D eigenvalue weighted by molar-refractivity contribution is 6.01. The van der Waals surface area contributed by atoms with Crippen molar-refractivity contribution in [1.82, 2.24) is 0 Å². The molecule has 0 aromatic heterocycles. The summed E-state index contributed by atoms with van der Waals surface area (Å²) in [6.07, 6.45) is 5.66. The third-order valence-electron chi connectivity index (χ3n) is 5.50. The monoisotopic (exact) mass is 362 g/mol. The summed E-state index contributed by atoms with van der Waals surface area (Å²) < 4.78 is 11.5. The molecule has 1 saturated heterocycles. The van der Waals surface area contributed by atoms with Crippen LogP contribution in [-0.4, -0.2) is 51.1 Å². The molecular weight excluding hydrogens is 336 g/mol. The molecule has 3 rings (SSSR count). The Morgan fingerprint density at radius 1 is 1.38 bits per heavy atom. The van der Waals surface area contributed by atoms with Crippen LogP contribution in [0.4, 0.5) is 0 Å². The van der Waals surface area contributed by atoms with Crippen LogP contribution in [-0.2, 0) is 14.3 Å². The first-order valence-corrected chi connectivity index (χ1v) is 8.90. The van der Waals surface area contributed by atoms with Crippen molar-refractivity contribution in [2.45, 2.75) is 57.5 Å². The fourth-order valence-corrected chi connectivity index (χ4v) is 3.32. The first-order valence-electron chi connectivity index (χ1n) is 8.90. The smallest absolute Gasteiger partial charge is 0.190 e. The number of ether oxygens (including phenoxy) is 2. The minimum absolute atomic E-state index is 0.0955. The number of aliphatic hydroxyl groups excluding tert-OH is 2. The Hall–Kier alpha value is -1.73. The number of hydrogen-bond donors (Lipinski definition) is 3. The van der Waals surface area contributed by atoms with Gasteiger partial charge in [0, 0.05) is 5.57 Å². The highest BCUT2D eigenvalue weighted by Crippen LogP contribution is 2.49. The van der Waals surface area contributed by atoms with Crippen molar-refractivity contribution >= 4 is 5.78 Å². The lowest BCUT2D eigenvalue weighted by Crippen LogP contribution is -2.50. The molecule has 6 heteroatoms. The zero-order valence-corrected chi connectivity index (χ0v) is 15.5. The van der Waals surface area contributed by atoms with Crippen LogP contribution in [0.2, 0.25) is 0 Å². The van der Waals surface area contributed by atoms with Crippen LogP contribution in [0.3, 0.4) is 0 Å². The Bertz CT molecular complexity index is 741. The fourth-order valence-electron chi connectivity index (χ4n) is 3.32. The van der Waals surface area contributed by atoms with Gasteiger partial charge in [0.15, 0.2) is 17.0 Å². The number of carbonyl (C=O) groups is 1. The summed E-state index contributed by atoms with van der Waals surface area (Å²) in [5.41, 5.74) is -0.939. The maximum atomic E-state index is 12.1. The van der Waals surface area contributed by atoms with Gasteiger partial charge >= 0.3 is 0 Å². The standard InChI is InChI=1S/C20H26O6/c1-5-11(2)6-13(9-21)18-20(4,26-18)16-8-12-7-15(22)19(3,24)17(23)14(12)10-25-16/h6-8,10-11,17-18,21,23-24H,5,9H2,1-4H3/b13-6+/t11-,17+,18-,19+,20-/m0/s1. The molecule has 0 amide bonds.